The molecule has 0 fully saturated rings. The molecular weight excluding hydrogens is 218 g/mol. The van der Waals surface area contributed by atoms with Gasteiger partial charge in [-0.15, -0.1) is 0 Å². The van der Waals surface area contributed by atoms with Gasteiger partial charge in [-0.1, -0.05) is 12.1 Å². The van der Waals surface area contributed by atoms with Gasteiger partial charge < -0.3 is 14.8 Å². The van der Waals surface area contributed by atoms with Crippen LogP contribution in [0.2, 0.25) is 0 Å². The van der Waals surface area contributed by atoms with Gasteiger partial charge in [0, 0.05) is 6.54 Å². The number of carbonyl (C=O) groups is 1. The van der Waals surface area contributed by atoms with Gasteiger partial charge in [0.05, 0.1) is 25.8 Å². The molecule has 1 aromatic rings. The maximum atomic E-state index is 11.0. The van der Waals surface area contributed by atoms with E-state index in [2.05, 4.69) is 16.1 Å². The number of methoxy groups -OCH3 is 1. The van der Waals surface area contributed by atoms with Crippen molar-refractivity contribution in [1.82, 2.24) is 0 Å². The van der Waals surface area contributed by atoms with E-state index in [9.17, 15) is 4.79 Å². The summed E-state index contributed by atoms with van der Waals surface area (Å²) in [7, 11) is 1.38. The molecule has 0 atom stereocenters. The van der Waals surface area contributed by atoms with Crippen LogP contribution in [0.1, 0.15) is 18.4 Å². The highest BCUT2D eigenvalue weighted by atomic mass is 16.5. The molecule has 0 bridgehead atoms. The lowest BCUT2D eigenvalue weighted by atomic mass is 10.0. The van der Waals surface area contributed by atoms with E-state index in [1.165, 1.54) is 12.7 Å². The third-order valence-corrected chi connectivity index (χ3v) is 2.83. The topological polar surface area (TPSA) is 47.6 Å². The molecule has 0 radical (unpaired) electrons. The largest absolute Gasteiger partial charge is 0.491 e. The number of carbonyl (C=O) groups excluding carboxylic acids is 1. The number of rotatable bonds is 4. The van der Waals surface area contributed by atoms with Gasteiger partial charge in [-0.2, -0.15) is 0 Å². The molecule has 0 saturated heterocycles. The van der Waals surface area contributed by atoms with Crippen molar-refractivity contribution in [3.05, 3.63) is 23.8 Å². The van der Waals surface area contributed by atoms with Crippen LogP contribution in [0.3, 0.4) is 0 Å². The predicted octanol–water partition coefficient (Wildman–Crippen LogP) is 1.99. The molecule has 4 heteroatoms. The summed E-state index contributed by atoms with van der Waals surface area (Å²) in [5.74, 6) is 0.578. The van der Waals surface area contributed by atoms with Crippen molar-refractivity contribution in [2.75, 3.05) is 25.6 Å². The zero-order valence-electron chi connectivity index (χ0n) is 9.99. The molecule has 1 aromatic carbocycles. The van der Waals surface area contributed by atoms with Crippen molar-refractivity contribution in [3.8, 4) is 5.75 Å². The number of nitrogens with one attached hydrogen (secondary N) is 1. The number of aryl methyl sites for hydroxylation is 1. The normalized spacial score (nSPS) is 13.5. The maximum absolute atomic E-state index is 11.0. The molecule has 4 nitrogen and oxygen atoms in total. The van der Waals surface area contributed by atoms with E-state index in [0.717, 1.165) is 30.8 Å². The number of ether oxygens (including phenoxy) is 2. The van der Waals surface area contributed by atoms with E-state index < -0.39 is 0 Å². The molecule has 1 N–H and O–H groups in total. The summed E-state index contributed by atoms with van der Waals surface area (Å²) in [6.07, 6.45) is 2.51. The molecule has 92 valence electrons. The van der Waals surface area contributed by atoms with Crippen LogP contribution in [0.25, 0.3) is 0 Å². The van der Waals surface area contributed by atoms with E-state index in [-0.39, 0.29) is 12.4 Å². The van der Waals surface area contributed by atoms with Gasteiger partial charge in [-0.25, -0.2) is 0 Å². The van der Waals surface area contributed by atoms with Crippen molar-refractivity contribution in [2.45, 2.75) is 19.3 Å². The van der Waals surface area contributed by atoms with Crippen LogP contribution < -0.4 is 10.1 Å². The minimum absolute atomic E-state index is 0.247. The Morgan fingerprint density at radius 1 is 1.47 bits per heavy atom. The molecule has 1 aliphatic rings. The monoisotopic (exact) mass is 235 g/mol. The van der Waals surface area contributed by atoms with Gasteiger partial charge in [-0.3, -0.25) is 4.79 Å². The van der Waals surface area contributed by atoms with Gasteiger partial charge in [0.2, 0.25) is 0 Å². The third-order valence-electron chi connectivity index (χ3n) is 2.83. The lowest BCUT2D eigenvalue weighted by Crippen LogP contribution is -2.14. The summed E-state index contributed by atoms with van der Waals surface area (Å²) in [6.45, 7) is 1.33. The van der Waals surface area contributed by atoms with Crippen LogP contribution in [0.4, 0.5) is 5.69 Å². The molecule has 0 unspecified atom stereocenters. The first-order valence-corrected chi connectivity index (χ1v) is 5.86. The molecule has 1 aliphatic heterocycles. The molecular formula is C13H17NO3. The first kappa shape index (κ1) is 11.8. The van der Waals surface area contributed by atoms with Gasteiger partial charge in [-0.05, 0) is 24.5 Å². The predicted molar refractivity (Wildman–Crippen MR) is 65.4 cm³/mol. The average molecular weight is 235 g/mol. The van der Waals surface area contributed by atoms with E-state index >= 15 is 0 Å². The van der Waals surface area contributed by atoms with Crippen LogP contribution in [0, 0.1) is 0 Å². The Kier molecular flexibility index (Phi) is 3.85. The second-order valence-corrected chi connectivity index (χ2v) is 4.00. The summed E-state index contributed by atoms with van der Waals surface area (Å²) < 4.78 is 10.2. The van der Waals surface area contributed by atoms with Gasteiger partial charge >= 0.3 is 5.97 Å². The smallest absolute Gasteiger partial charge is 0.308 e. The molecule has 0 spiro atoms. The fourth-order valence-electron chi connectivity index (χ4n) is 1.94. The van der Waals surface area contributed by atoms with Crippen molar-refractivity contribution < 1.29 is 14.3 Å². The summed E-state index contributed by atoms with van der Waals surface area (Å²) in [5, 5.41) is 3.34. The standard InChI is InChI=1S/C13H17NO3/c1-16-12(15)7-9-17-11-6-2-4-10-5-3-8-14-13(10)11/h2,4,6,14H,3,5,7-9H2,1H3. The van der Waals surface area contributed by atoms with Crippen molar-refractivity contribution in [3.63, 3.8) is 0 Å². The summed E-state index contributed by atoms with van der Waals surface area (Å²) >= 11 is 0. The molecule has 0 aromatic heterocycles. The maximum Gasteiger partial charge on any atom is 0.308 e. The zero-order chi connectivity index (χ0) is 12.1. The van der Waals surface area contributed by atoms with E-state index in [1.54, 1.807) is 0 Å². The molecule has 0 aliphatic carbocycles. The molecule has 0 saturated carbocycles. The number of hydrogen-bond donors (Lipinski definition) is 1. The number of esters is 1. The highest BCUT2D eigenvalue weighted by Gasteiger charge is 2.13. The Balaban J connectivity index is 1.98. The lowest BCUT2D eigenvalue weighted by molar-refractivity contribution is -0.141. The summed E-state index contributed by atoms with van der Waals surface area (Å²) in [5.41, 5.74) is 2.36. The minimum atomic E-state index is -0.247. The Morgan fingerprint density at radius 2 is 2.35 bits per heavy atom. The first-order valence-electron chi connectivity index (χ1n) is 5.86. The summed E-state index contributed by atoms with van der Waals surface area (Å²) in [6, 6.07) is 6.02. The van der Waals surface area contributed by atoms with Crippen molar-refractivity contribution >= 4 is 11.7 Å². The number of fused-ring (bicyclic) bond motifs is 1. The van der Waals surface area contributed by atoms with Gasteiger partial charge in [0.15, 0.2) is 0 Å². The quantitative estimate of drug-likeness (QED) is 0.811. The van der Waals surface area contributed by atoms with E-state index in [0.29, 0.717) is 6.61 Å². The highest BCUT2D eigenvalue weighted by molar-refractivity contribution is 5.69. The second-order valence-electron chi connectivity index (χ2n) is 4.00. The van der Waals surface area contributed by atoms with Crippen LogP contribution in [-0.4, -0.2) is 26.2 Å². The molecule has 1 heterocycles. The van der Waals surface area contributed by atoms with Crippen LogP contribution in [-0.2, 0) is 16.0 Å². The Labute approximate surface area is 101 Å². The fraction of sp³-hybridized carbons (Fsp3) is 0.462. The Morgan fingerprint density at radius 3 is 3.18 bits per heavy atom. The van der Waals surface area contributed by atoms with Crippen LogP contribution >= 0.6 is 0 Å². The van der Waals surface area contributed by atoms with E-state index in [1.807, 2.05) is 12.1 Å². The fourth-order valence-corrected chi connectivity index (χ4v) is 1.94. The Bertz CT molecular complexity index is 404. The molecule has 17 heavy (non-hydrogen) atoms. The second kappa shape index (κ2) is 5.57. The Hall–Kier alpha value is -1.71. The van der Waals surface area contributed by atoms with Crippen LogP contribution in [0.15, 0.2) is 18.2 Å². The van der Waals surface area contributed by atoms with Crippen molar-refractivity contribution in [2.24, 2.45) is 0 Å². The number of anilines is 1. The highest BCUT2D eigenvalue weighted by Crippen LogP contribution is 2.31. The molecule has 2 rings (SSSR count). The summed E-state index contributed by atoms with van der Waals surface area (Å²) in [4.78, 5) is 11.0. The third kappa shape index (κ3) is 2.90. The lowest BCUT2D eigenvalue weighted by Gasteiger charge is -2.21. The average Bonchev–Trinajstić information content (AvgIpc) is 2.39. The van der Waals surface area contributed by atoms with Gasteiger partial charge in [0.25, 0.3) is 0 Å². The number of hydrogen-bond acceptors (Lipinski definition) is 4. The number of para-hydroxylation sites is 1. The zero-order valence-corrected chi connectivity index (χ0v) is 9.99. The molecule has 0 amide bonds. The van der Waals surface area contributed by atoms with Gasteiger partial charge in [0.1, 0.15) is 5.75 Å². The minimum Gasteiger partial charge on any atom is -0.491 e. The van der Waals surface area contributed by atoms with Crippen molar-refractivity contribution in [1.29, 1.82) is 0 Å². The van der Waals surface area contributed by atoms with E-state index in [4.69, 9.17) is 4.74 Å². The number of benzene rings is 1. The SMILES string of the molecule is COC(=O)CCOc1cccc2c1NCCC2. The first-order chi connectivity index (χ1) is 8.31. The van der Waals surface area contributed by atoms with Crippen LogP contribution in [0.5, 0.6) is 5.75 Å².